The zero-order valence-corrected chi connectivity index (χ0v) is 4.81. The molecule has 0 N–H and O–H groups in total. The third kappa shape index (κ3) is 5.50. The summed E-state index contributed by atoms with van der Waals surface area (Å²) in [6.45, 7) is 3.45. The van der Waals surface area contributed by atoms with Crippen LogP contribution in [0.25, 0.3) is 0 Å². The van der Waals surface area contributed by atoms with E-state index in [9.17, 15) is 0 Å². The third-order valence-electron chi connectivity index (χ3n) is 0.375. The van der Waals surface area contributed by atoms with Gasteiger partial charge in [-0.25, -0.2) is 0 Å². The summed E-state index contributed by atoms with van der Waals surface area (Å²) in [5.74, 6) is 0. The summed E-state index contributed by atoms with van der Waals surface area (Å²) in [6.07, 6.45) is 4.99. The fraction of sp³-hybridized carbons (Fsp3) is 0. The Morgan fingerprint density at radius 2 is 2.29 bits per heavy atom. The molecule has 0 aliphatic carbocycles. The van der Waals surface area contributed by atoms with Crippen molar-refractivity contribution in [1.29, 1.82) is 0 Å². The van der Waals surface area contributed by atoms with E-state index < -0.39 is 0 Å². The number of aliphatic imine (C=N–C) groups is 1. The Bertz CT molecular complexity index is 94.3. The van der Waals surface area contributed by atoms with E-state index in [2.05, 4.69) is 24.2 Å². The van der Waals surface area contributed by atoms with Gasteiger partial charge in [0.25, 0.3) is 0 Å². The molecule has 0 aromatic heterocycles. The van der Waals surface area contributed by atoms with Crippen LogP contribution < -0.4 is 0 Å². The average Bonchev–Trinajstić information content (AvgIpc) is 1.69. The molecule has 0 saturated heterocycles. The van der Waals surface area contributed by atoms with Gasteiger partial charge in [0.05, 0.1) is 5.55 Å². The van der Waals surface area contributed by atoms with E-state index in [0.29, 0.717) is 0 Å². The molecule has 0 spiro atoms. The molecule has 0 rings (SSSR count). The van der Waals surface area contributed by atoms with E-state index in [1.807, 2.05) is 0 Å². The van der Waals surface area contributed by atoms with Gasteiger partial charge in [0.1, 0.15) is 0 Å². The lowest BCUT2D eigenvalue weighted by Crippen LogP contribution is -1.47. The molecule has 0 fully saturated rings. The van der Waals surface area contributed by atoms with E-state index in [-0.39, 0.29) is 0 Å². The van der Waals surface area contributed by atoms with Crippen molar-refractivity contribution in [3.05, 3.63) is 24.9 Å². The number of nitrogens with zero attached hydrogens (tertiary/aromatic N) is 1. The first-order valence-electron chi connectivity index (χ1n) is 1.85. The van der Waals surface area contributed by atoms with Crippen molar-refractivity contribution in [2.75, 3.05) is 0 Å². The van der Waals surface area contributed by atoms with Crippen molar-refractivity contribution in [1.82, 2.24) is 0 Å². The predicted octanol–water partition coefficient (Wildman–Crippen LogP) is 1.64. The van der Waals surface area contributed by atoms with Crippen LogP contribution in [0.4, 0.5) is 0 Å². The van der Waals surface area contributed by atoms with Crippen LogP contribution in [-0.2, 0) is 0 Å². The number of hydrogen-bond acceptors (Lipinski definition) is 1. The van der Waals surface area contributed by atoms with Gasteiger partial charge >= 0.3 is 0 Å². The Morgan fingerprint density at radius 3 is 2.71 bits per heavy atom. The maximum Gasteiger partial charge on any atom is 0.0566 e. The largest absolute Gasteiger partial charge is 0.258 e. The van der Waals surface area contributed by atoms with Crippen molar-refractivity contribution in [2.45, 2.75) is 0 Å². The number of hydrogen-bond donors (Lipinski definition) is 1. The van der Waals surface area contributed by atoms with Gasteiger partial charge in [0.2, 0.25) is 0 Å². The molecule has 0 atom stereocenters. The summed E-state index contributed by atoms with van der Waals surface area (Å²) in [5, 5.41) is 0. The molecule has 0 unspecified atom stereocenters. The Balaban J connectivity index is 3.27. The monoisotopic (exact) mass is 113 g/mol. The molecule has 0 aromatic carbocycles. The molecule has 0 aliphatic heterocycles. The zero-order valence-electron chi connectivity index (χ0n) is 3.91. The standard InChI is InChI=1S/C5H7NS/c1-2-3-4-6-5-7/h2-5H,1H2,(H,6,7)/b4-3-. The van der Waals surface area contributed by atoms with Gasteiger partial charge in [-0.3, -0.25) is 4.99 Å². The smallest absolute Gasteiger partial charge is 0.0566 e. The summed E-state index contributed by atoms with van der Waals surface area (Å²) < 4.78 is 0. The average molecular weight is 113 g/mol. The Hall–Kier alpha value is -0.500. The fourth-order valence-electron chi connectivity index (χ4n) is 0.149. The molecular weight excluding hydrogens is 106 g/mol. The molecule has 38 valence electrons. The van der Waals surface area contributed by atoms with Gasteiger partial charge in [0, 0.05) is 6.20 Å². The van der Waals surface area contributed by atoms with E-state index >= 15 is 0 Å². The molecular formula is C5H7NS. The van der Waals surface area contributed by atoms with Crippen LogP contribution in [-0.4, -0.2) is 5.55 Å². The first-order valence-corrected chi connectivity index (χ1v) is 2.37. The van der Waals surface area contributed by atoms with Gasteiger partial charge in [-0.1, -0.05) is 12.7 Å². The van der Waals surface area contributed by atoms with E-state index in [4.69, 9.17) is 0 Å². The number of allylic oxidation sites excluding steroid dienone is 2. The summed E-state index contributed by atoms with van der Waals surface area (Å²) >= 11 is 3.72. The van der Waals surface area contributed by atoms with Gasteiger partial charge in [-0.15, -0.1) is 12.6 Å². The summed E-state index contributed by atoms with van der Waals surface area (Å²) in [5.41, 5.74) is 1.42. The van der Waals surface area contributed by atoms with Gasteiger partial charge < -0.3 is 0 Å². The van der Waals surface area contributed by atoms with Crippen LogP contribution in [0.15, 0.2) is 29.9 Å². The molecule has 0 aliphatic rings. The lowest BCUT2D eigenvalue weighted by molar-refractivity contribution is 1.61. The lowest BCUT2D eigenvalue weighted by atomic mass is 10.6. The highest BCUT2D eigenvalue weighted by Crippen LogP contribution is 1.73. The van der Waals surface area contributed by atoms with Crippen LogP contribution in [0.3, 0.4) is 0 Å². The minimum absolute atomic E-state index is 1.42. The SMILES string of the molecule is C=C/C=C\N=C\S. The quantitative estimate of drug-likeness (QED) is 0.242. The molecule has 0 bridgehead atoms. The molecule has 0 heterocycles. The molecule has 7 heavy (non-hydrogen) atoms. The topological polar surface area (TPSA) is 12.4 Å². The number of rotatable bonds is 2. The Labute approximate surface area is 48.9 Å². The highest BCUT2D eigenvalue weighted by molar-refractivity contribution is 7.94. The second kappa shape index (κ2) is 5.50. The molecule has 0 aromatic rings. The second-order valence-corrected chi connectivity index (χ2v) is 1.07. The first-order chi connectivity index (χ1) is 3.41. The van der Waals surface area contributed by atoms with Crippen molar-refractivity contribution < 1.29 is 0 Å². The Morgan fingerprint density at radius 1 is 1.57 bits per heavy atom. The highest BCUT2D eigenvalue weighted by Gasteiger charge is 1.52. The Kier molecular flexibility index (Phi) is 5.11. The lowest BCUT2D eigenvalue weighted by Gasteiger charge is -1.66. The zero-order chi connectivity index (χ0) is 5.54. The first kappa shape index (κ1) is 6.50. The van der Waals surface area contributed by atoms with Gasteiger partial charge in [0.15, 0.2) is 0 Å². The van der Waals surface area contributed by atoms with Crippen molar-refractivity contribution in [3.63, 3.8) is 0 Å². The fourth-order valence-corrected chi connectivity index (χ4v) is 0.226. The minimum Gasteiger partial charge on any atom is -0.258 e. The van der Waals surface area contributed by atoms with Gasteiger partial charge in [-0.2, -0.15) is 0 Å². The molecule has 0 radical (unpaired) electrons. The van der Waals surface area contributed by atoms with Crippen LogP contribution in [0.2, 0.25) is 0 Å². The number of thiol groups is 1. The predicted molar refractivity (Wildman–Crippen MR) is 36.8 cm³/mol. The summed E-state index contributed by atoms with van der Waals surface area (Å²) in [6, 6.07) is 0. The molecule has 1 nitrogen and oxygen atoms in total. The van der Waals surface area contributed by atoms with E-state index in [0.717, 1.165) is 0 Å². The highest BCUT2D eigenvalue weighted by atomic mass is 32.1. The second-order valence-electron chi connectivity index (χ2n) is 0.842. The molecule has 0 saturated carbocycles. The van der Waals surface area contributed by atoms with Crippen molar-refractivity contribution >= 4 is 18.2 Å². The van der Waals surface area contributed by atoms with Crippen molar-refractivity contribution in [2.24, 2.45) is 4.99 Å². The maximum absolute atomic E-state index is 3.72. The normalized spacial score (nSPS) is 11.0. The van der Waals surface area contributed by atoms with Crippen LogP contribution in [0.5, 0.6) is 0 Å². The summed E-state index contributed by atoms with van der Waals surface area (Å²) in [7, 11) is 0. The molecule has 2 heteroatoms. The van der Waals surface area contributed by atoms with Crippen molar-refractivity contribution in [3.8, 4) is 0 Å². The van der Waals surface area contributed by atoms with Crippen LogP contribution >= 0.6 is 12.6 Å². The molecule has 0 amide bonds. The third-order valence-corrected chi connectivity index (χ3v) is 0.508. The van der Waals surface area contributed by atoms with Crippen LogP contribution in [0, 0.1) is 0 Å². The summed E-state index contributed by atoms with van der Waals surface area (Å²) in [4.78, 5) is 3.65. The minimum atomic E-state index is 1.42. The van der Waals surface area contributed by atoms with E-state index in [1.54, 1.807) is 18.4 Å². The maximum atomic E-state index is 3.72. The van der Waals surface area contributed by atoms with Crippen LogP contribution in [0.1, 0.15) is 0 Å². The van der Waals surface area contributed by atoms with Gasteiger partial charge in [-0.05, 0) is 6.08 Å². The van der Waals surface area contributed by atoms with E-state index in [1.165, 1.54) is 5.55 Å².